The number of carbonyl (C=O) groups is 2. The van der Waals surface area contributed by atoms with Crippen LogP contribution in [0.4, 0.5) is 10.5 Å². The topological polar surface area (TPSA) is 81.3 Å². The number of fused-ring (bicyclic) bond motifs is 1. The van der Waals surface area contributed by atoms with Gasteiger partial charge in [-0.2, -0.15) is 5.10 Å². The molecule has 2 aromatic rings. The zero-order valence-electron chi connectivity index (χ0n) is 13.3. The van der Waals surface area contributed by atoms with Gasteiger partial charge in [-0.3, -0.25) is 14.8 Å². The summed E-state index contributed by atoms with van der Waals surface area (Å²) in [5.74, 6) is 0.0418. The van der Waals surface area contributed by atoms with E-state index in [-0.39, 0.29) is 17.9 Å². The van der Waals surface area contributed by atoms with Crippen molar-refractivity contribution < 1.29 is 9.59 Å². The maximum absolute atomic E-state index is 12.2. The molecule has 2 aliphatic heterocycles. The summed E-state index contributed by atoms with van der Waals surface area (Å²) in [4.78, 5) is 27.2. The number of nitrogens with one attached hydrogen (secondary N) is 2. The third-order valence-corrected chi connectivity index (χ3v) is 5.25. The number of piperidine rings is 1. The van der Waals surface area contributed by atoms with Crippen LogP contribution >= 0.6 is 11.6 Å². The van der Waals surface area contributed by atoms with Gasteiger partial charge in [0.1, 0.15) is 6.04 Å². The van der Waals surface area contributed by atoms with E-state index < -0.39 is 6.04 Å². The second-order valence-corrected chi connectivity index (χ2v) is 6.84. The fourth-order valence-corrected chi connectivity index (χ4v) is 3.87. The number of hydrogen-bond donors (Lipinski definition) is 2. The number of carbonyl (C=O) groups excluding carboxylic acids is 2. The molecule has 4 rings (SSSR count). The molecule has 2 fully saturated rings. The second kappa shape index (κ2) is 5.66. The number of aromatic amines is 1. The summed E-state index contributed by atoms with van der Waals surface area (Å²) < 4.78 is 0. The Labute approximate surface area is 143 Å². The van der Waals surface area contributed by atoms with Crippen LogP contribution in [0.25, 0.3) is 10.9 Å². The van der Waals surface area contributed by atoms with Gasteiger partial charge in [-0.25, -0.2) is 4.79 Å². The SMILES string of the molecule is CN1C(=O)NC(C2CCN(c3cc(Cl)cc4[nH]ncc34)CC2)C1=O. The molecule has 7 nitrogen and oxygen atoms in total. The first-order valence-corrected chi connectivity index (χ1v) is 8.38. The van der Waals surface area contributed by atoms with Crippen LogP contribution in [0.15, 0.2) is 18.3 Å². The summed E-state index contributed by atoms with van der Waals surface area (Å²) in [6, 6.07) is 3.12. The first kappa shape index (κ1) is 15.3. The molecular formula is C16H18ClN5O2. The van der Waals surface area contributed by atoms with Crippen molar-refractivity contribution in [3.8, 4) is 0 Å². The fourth-order valence-electron chi connectivity index (χ4n) is 3.65. The number of H-pyrrole nitrogens is 1. The first-order chi connectivity index (χ1) is 11.5. The highest BCUT2D eigenvalue weighted by Gasteiger charge is 2.41. The number of anilines is 1. The van der Waals surface area contributed by atoms with E-state index in [0.717, 1.165) is 42.5 Å². The number of halogens is 1. The Morgan fingerprint density at radius 2 is 2.00 bits per heavy atom. The lowest BCUT2D eigenvalue weighted by molar-refractivity contribution is -0.127. The van der Waals surface area contributed by atoms with E-state index in [1.54, 1.807) is 0 Å². The van der Waals surface area contributed by atoms with Gasteiger partial charge in [0.25, 0.3) is 5.91 Å². The second-order valence-electron chi connectivity index (χ2n) is 6.41. The smallest absolute Gasteiger partial charge is 0.324 e. The lowest BCUT2D eigenvalue weighted by Gasteiger charge is -2.35. The quantitative estimate of drug-likeness (QED) is 0.814. The van der Waals surface area contributed by atoms with Crippen LogP contribution in [0.2, 0.25) is 5.02 Å². The molecule has 1 aromatic carbocycles. The number of aromatic nitrogens is 2. The zero-order chi connectivity index (χ0) is 16.8. The molecule has 0 radical (unpaired) electrons. The van der Waals surface area contributed by atoms with E-state index in [4.69, 9.17) is 11.6 Å². The Hall–Kier alpha value is -2.28. The predicted molar refractivity (Wildman–Crippen MR) is 91.1 cm³/mol. The summed E-state index contributed by atoms with van der Waals surface area (Å²) in [6.45, 7) is 1.63. The molecule has 1 aromatic heterocycles. The monoisotopic (exact) mass is 347 g/mol. The number of urea groups is 1. The molecule has 0 saturated carbocycles. The average Bonchev–Trinajstić information content (AvgIpc) is 3.14. The van der Waals surface area contributed by atoms with Crippen LogP contribution in [0.1, 0.15) is 12.8 Å². The Bertz CT molecular complexity index is 812. The first-order valence-electron chi connectivity index (χ1n) is 8.00. The number of amides is 3. The van der Waals surface area contributed by atoms with Gasteiger partial charge < -0.3 is 10.2 Å². The molecule has 1 atom stereocenters. The van der Waals surface area contributed by atoms with E-state index >= 15 is 0 Å². The average molecular weight is 348 g/mol. The molecule has 24 heavy (non-hydrogen) atoms. The summed E-state index contributed by atoms with van der Waals surface area (Å²) in [5.41, 5.74) is 1.98. The minimum absolute atomic E-state index is 0.126. The van der Waals surface area contributed by atoms with Crippen molar-refractivity contribution in [3.05, 3.63) is 23.4 Å². The van der Waals surface area contributed by atoms with Crippen molar-refractivity contribution in [2.24, 2.45) is 5.92 Å². The standard InChI is InChI=1S/C16H18ClN5O2/c1-21-15(23)14(19-16(21)24)9-2-4-22(5-3-9)13-7-10(17)6-12-11(13)8-18-20-12/h6-9,14H,2-5H2,1H3,(H,18,20)(H,19,24). The van der Waals surface area contributed by atoms with Crippen molar-refractivity contribution in [2.75, 3.05) is 25.0 Å². The predicted octanol–water partition coefficient (Wildman–Crippen LogP) is 1.98. The molecule has 126 valence electrons. The van der Waals surface area contributed by atoms with Crippen LogP contribution in [-0.4, -0.2) is 53.2 Å². The molecule has 0 bridgehead atoms. The molecule has 2 N–H and O–H groups in total. The number of benzene rings is 1. The number of rotatable bonds is 2. The molecule has 2 aliphatic rings. The molecule has 1 unspecified atom stereocenters. The normalized spacial score (nSPS) is 22.5. The van der Waals surface area contributed by atoms with Crippen molar-refractivity contribution in [1.29, 1.82) is 0 Å². The Morgan fingerprint density at radius 1 is 1.25 bits per heavy atom. The van der Waals surface area contributed by atoms with Crippen molar-refractivity contribution >= 4 is 40.1 Å². The van der Waals surface area contributed by atoms with Crippen LogP contribution in [-0.2, 0) is 4.79 Å². The van der Waals surface area contributed by atoms with Gasteiger partial charge in [-0.1, -0.05) is 11.6 Å². The summed E-state index contributed by atoms with van der Waals surface area (Å²) in [7, 11) is 1.52. The Morgan fingerprint density at radius 3 is 2.67 bits per heavy atom. The van der Waals surface area contributed by atoms with Gasteiger partial charge in [0, 0.05) is 36.2 Å². The highest BCUT2D eigenvalue weighted by atomic mass is 35.5. The van der Waals surface area contributed by atoms with Gasteiger partial charge in [-0.15, -0.1) is 0 Å². The lowest BCUT2D eigenvalue weighted by atomic mass is 9.89. The van der Waals surface area contributed by atoms with Crippen molar-refractivity contribution in [2.45, 2.75) is 18.9 Å². The van der Waals surface area contributed by atoms with E-state index in [2.05, 4.69) is 20.4 Å². The van der Waals surface area contributed by atoms with Crippen LogP contribution < -0.4 is 10.2 Å². The minimum Gasteiger partial charge on any atom is -0.371 e. The Balaban J connectivity index is 1.51. The zero-order valence-corrected chi connectivity index (χ0v) is 14.0. The van der Waals surface area contributed by atoms with Gasteiger partial charge >= 0.3 is 6.03 Å². The summed E-state index contributed by atoms with van der Waals surface area (Å²) in [5, 5.41) is 11.6. The van der Waals surface area contributed by atoms with Gasteiger partial charge in [0.15, 0.2) is 0 Å². The van der Waals surface area contributed by atoms with Crippen LogP contribution in [0.5, 0.6) is 0 Å². The number of hydrogen-bond acceptors (Lipinski definition) is 4. The molecular weight excluding hydrogens is 330 g/mol. The van der Waals surface area contributed by atoms with E-state index in [0.29, 0.717) is 5.02 Å². The molecule has 2 saturated heterocycles. The van der Waals surface area contributed by atoms with E-state index in [1.807, 2.05) is 18.3 Å². The molecule has 0 aliphatic carbocycles. The van der Waals surface area contributed by atoms with E-state index in [1.165, 1.54) is 11.9 Å². The maximum Gasteiger partial charge on any atom is 0.324 e. The molecule has 0 spiro atoms. The maximum atomic E-state index is 12.2. The number of imide groups is 1. The van der Waals surface area contributed by atoms with Crippen molar-refractivity contribution in [3.63, 3.8) is 0 Å². The molecule has 8 heteroatoms. The number of nitrogens with zero attached hydrogens (tertiary/aromatic N) is 3. The fraction of sp³-hybridized carbons (Fsp3) is 0.438. The Kier molecular flexibility index (Phi) is 3.60. The van der Waals surface area contributed by atoms with Crippen molar-refractivity contribution in [1.82, 2.24) is 20.4 Å². The largest absolute Gasteiger partial charge is 0.371 e. The van der Waals surface area contributed by atoms with Crippen LogP contribution in [0.3, 0.4) is 0 Å². The van der Waals surface area contributed by atoms with Gasteiger partial charge in [0.2, 0.25) is 0 Å². The summed E-state index contributed by atoms with van der Waals surface area (Å²) >= 11 is 6.21. The highest BCUT2D eigenvalue weighted by Crippen LogP contribution is 2.33. The van der Waals surface area contributed by atoms with Gasteiger partial charge in [0.05, 0.1) is 11.7 Å². The number of likely N-dealkylation sites (N-methyl/N-ethyl adjacent to an activating group) is 1. The van der Waals surface area contributed by atoms with Crippen LogP contribution in [0, 0.1) is 5.92 Å². The third-order valence-electron chi connectivity index (χ3n) is 5.03. The minimum atomic E-state index is -0.391. The van der Waals surface area contributed by atoms with E-state index in [9.17, 15) is 9.59 Å². The third kappa shape index (κ3) is 2.39. The lowest BCUT2D eigenvalue weighted by Crippen LogP contribution is -2.44. The molecule has 3 heterocycles. The molecule has 3 amide bonds. The highest BCUT2D eigenvalue weighted by molar-refractivity contribution is 6.31. The van der Waals surface area contributed by atoms with Gasteiger partial charge in [-0.05, 0) is 30.9 Å². The summed E-state index contributed by atoms with van der Waals surface area (Å²) in [6.07, 6.45) is 3.50.